The molecular formula is C6H5F2NO3. The summed E-state index contributed by atoms with van der Waals surface area (Å²) in [6.45, 7) is 0. The molecule has 0 amide bonds. The SMILES string of the molecule is COC(=O)C(=C=N)C(=O)C(F)F. The minimum atomic E-state index is -3.32. The first-order valence-electron chi connectivity index (χ1n) is 2.75. The van der Waals surface area contributed by atoms with Crippen LogP contribution < -0.4 is 0 Å². The molecule has 0 aliphatic rings. The molecule has 0 aromatic heterocycles. The number of nitrogens with one attached hydrogen (secondary N) is 1. The van der Waals surface area contributed by atoms with Gasteiger partial charge in [0.05, 0.1) is 7.11 Å². The lowest BCUT2D eigenvalue weighted by atomic mass is 10.2. The lowest BCUT2D eigenvalue weighted by molar-refractivity contribution is -0.139. The summed E-state index contributed by atoms with van der Waals surface area (Å²) in [4.78, 5) is 20.9. The van der Waals surface area contributed by atoms with Crippen LogP contribution in [0.2, 0.25) is 0 Å². The Bertz CT molecular complexity index is 256. The molecule has 0 heterocycles. The maximum absolute atomic E-state index is 11.7. The van der Waals surface area contributed by atoms with Crippen molar-refractivity contribution < 1.29 is 23.1 Å². The molecule has 0 spiro atoms. The molecule has 0 aromatic carbocycles. The van der Waals surface area contributed by atoms with Crippen LogP contribution >= 0.6 is 0 Å². The number of ether oxygens (including phenoxy) is 1. The van der Waals surface area contributed by atoms with Crippen molar-refractivity contribution in [3.63, 3.8) is 0 Å². The number of methoxy groups -OCH3 is 1. The minimum Gasteiger partial charge on any atom is -0.465 e. The van der Waals surface area contributed by atoms with Crippen LogP contribution in [0.5, 0.6) is 0 Å². The first-order chi connectivity index (χ1) is 5.54. The lowest BCUT2D eigenvalue weighted by Gasteiger charge is -1.98. The maximum atomic E-state index is 11.7. The van der Waals surface area contributed by atoms with Gasteiger partial charge in [-0.3, -0.25) is 10.2 Å². The fraction of sp³-hybridized carbons (Fsp3) is 0.333. The third-order valence-electron chi connectivity index (χ3n) is 0.959. The van der Waals surface area contributed by atoms with Crippen LogP contribution in [0, 0.1) is 5.41 Å². The summed E-state index contributed by atoms with van der Waals surface area (Å²) in [5, 5.41) is 6.38. The molecule has 6 heteroatoms. The van der Waals surface area contributed by atoms with Gasteiger partial charge in [-0.2, -0.15) is 0 Å². The molecule has 0 atom stereocenters. The Morgan fingerprint density at radius 2 is 2.00 bits per heavy atom. The smallest absolute Gasteiger partial charge is 0.351 e. The van der Waals surface area contributed by atoms with Gasteiger partial charge < -0.3 is 4.74 Å². The van der Waals surface area contributed by atoms with Gasteiger partial charge in [-0.15, -0.1) is 0 Å². The average Bonchev–Trinajstić information content (AvgIpc) is 2.05. The zero-order valence-corrected chi connectivity index (χ0v) is 6.06. The predicted molar refractivity (Wildman–Crippen MR) is 34.3 cm³/mol. The summed E-state index contributed by atoms with van der Waals surface area (Å²) in [6.07, 6.45) is -3.32. The van der Waals surface area contributed by atoms with Gasteiger partial charge in [0.1, 0.15) is 0 Å². The molecule has 0 aliphatic carbocycles. The summed E-state index contributed by atoms with van der Waals surface area (Å²) in [5.41, 5.74) is -1.08. The first kappa shape index (κ1) is 10.4. The van der Waals surface area contributed by atoms with Crippen molar-refractivity contribution in [2.45, 2.75) is 6.43 Å². The Labute approximate surface area is 66.3 Å². The van der Waals surface area contributed by atoms with Crippen LogP contribution in [0.15, 0.2) is 5.57 Å². The van der Waals surface area contributed by atoms with Gasteiger partial charge in [0, 0.05) is 0 Å². The van der Waals surface area contributed by atoms with E-state index in [-0.39, 0.29) is 0 Å². The van der Waals surface area contributed by atoms with Gasteiger partial charge >= 0.3 is 12.4 Å². The van der Waals surface area contributed by atoms with Gasteiger partial charge in [0.25, 0.3) is 0 Å². The third-order valence-corrected chi connectivity index (χ3v) is 0.959. The molecule has 1 N–H and O–H groups in total. The van der Waals surface area contributed by atoms with E-state index in [1.165, 1.54) is 5.87 Å². The van der Waals surface area contributed by atoms with E-state index < -0.39 is 23.8 Å². The largest absolute Gasteiger partial charge is 0.465 e. The van der Waals surface area contributed by atoms with E-state index in [4.69, 9.17) is 5.41 Å². The molecule has 0 saturated heterocycles. The molecule has 0 rings (SSSR count). The van der Waals surface area contributed by atoms with E-state index in [2.05, 4.69) is 4.74 Å². The van der Waals surface area contributed by atoms with Crippen molar-refractivity contribution in [1.82, 2.24) is 0 Å². The normalized spacial score (nSPS) is 9.00. The highest BCUT2D eigenvalue weighted by Crippen LogP contribution is 2.03. The molecule has 0 aliphatic heterocycles. The van der Waals surface area contributed by atoms with Crippen LogP contribution in [0.4, 0.5) is 8.78 Å². The lowest BCUT2D eigenvalue weighted by Crippen LogP contribution is -2.21. The highest BCUT2D eigenvalue weighted by atomic mass is 19.3. The summed E-state index contributed by atoms with van der Waals surface area (Å²) >= 11 is 0. The number of hydrogen-bond acceptors (Lipinski definition) is 4. The topological polar surface area (TPSA) is 67.2 Å². The molecule has 0 bridgehead atoms. The van der Waals surface area contributed by atoms with E-state index >= 15 is 0 Å². The van der Waals surface area contributed by atoms with E-state index in [0.717, 1.165) is 7.11 Å². The van der Waals surface area contributed by atoms with Crippen molar-refractivity contribution in [2.75, 3.05) is 7.11 Å². The van der Waals surface area contributed by atoms with Crippen molar-refractivity contribution in [1.29, 1.82) is 5.41 Å². The third kappa shape index (κ3) is 2.25. The van der Waals surface area contributed by atoms with Crippen molar-refractivity contribution in [2.24, 2.45) is 0 Å². The second kappa shape index (κ2) is 4.35. The molecule has 0 aromatic rings. The Morgan fingerprint density at radius 1 is 1.50 bits per heavy atom. The average molecular weight is 177 g/mol. The van der Waals surface area contributed by atoms with Crippen molar-refractivity contribution in [3.8, 4) is 0 Å². The fourth-order valence-corrected chi connectivity index (χ4v) is 0.424. The first-order valence-corrected chi connectivity index (χ1v) is 2.75. The molecule has 12 heavy (non-hydrogen) atoms. The predicted octanol–water partition coefficient (Wildman–Crippen LogP) is 0.168. The van der Waals surface area contributed by atoms with Gasteiger partial charge in [-0.05, 0) is 5.87 Å². The second-order valence-corrected chi connectivity index (χ2v) is 1.66. The Balaban J connectivity index is 4.72. The Hall–Kier alpha value is -1.55. The molecule has 66 valence electrons. The van der Waals surface area contributed by atoms with Gasteiger partial charge in [0.2, 0.25) is 5.78 Å². The second-order valence-electron chi connectivity index (χ2n) is 1.66. The Morgan fingerprint density at radius 3 is 2.25 bits per heavy atom. The zero-order chi connectivity index (χ0) is 9.72. The van der Waals surface area contributed by atoms with Crippen LogP contribution in [0.3, 0.4) is 0 Å². The Kier molecular flexibility index (Phi) is 3.79. The number of carbonyl (C=O) groups excluding carboxylic acids is 2. The monoisotopic (exact) mass is 177 g/mol. The number of alkyl halides is 2. The van der Waals surface area contributed by atoms with E-state index in [0.29, 0.717) is 0 Å². The molecule has 0 saturated carbocycles. The van der Waals surface area contributed by atoms with E-state index in [1.54, 1.807) is 0 Å². The number of ketones is 1. The number of esters is 1. The summed E-state index contributed by atoms with van der Waals surface area (Å²) in [7, 11) is 0.915. The van der Waals surface area contributed by atoms with Crippen molar-refractivity contribution >= 4 is 17.6 Å². The van der Waals surface area contributed by atoms with Gasteiger partial charge in [0.15, 0.2) is 5.57 Å². The number of rotatable bonds is 3. The van der Waals surface area contributed by atoms with Crippen LogP contribution in [0.25, 0.3) is 0 Å². The quantitative estimate of drug-likeness (QED) is 0.219. The highest BCUT2D eigenvalue weighted by molar-refractivity contribution is 6.24. The summed E-state index contributed by atoms with van der Waals surface area (Å²) in [5.74, 6) is -1.74. The number of hydrogen-bond donors (Lipinski definition) is 1. The zero-order valence-electron chi connectivity index (χ0n) is 6.06. The number of Topliss-reactive ketones (excluding diaryl/α,β-unsaturated/α-hetero) is 1. The van der Waals surface area contributed by atoms with E-state index in [9.17, 15) is 18.4 Å². The molecule has 0 fully saturated rings. The molecule has 4 nitrogen and oxygen atoms in total. The number of halogens is 2. The summed E-state index contributed by atoms with van der Waals surface area (Å²) < 4.78 is 27.3. The fourth-order valence-electron chi connectivity index (χ4n) is 0.424. The number of carbonyl (C=O) groups is 2. The maximum Gasteiger partial charge on any atom is 0.351 e. The molecular weight excluding hydrogens is 172 g/mol. The summed E-state index contributed by atoms with van der Waals surface area (Å²) in [6, 6.07) is 0. The van der Waals surface area contributed by atoms with Crippen LogP contribution in [-0.4, -0.2) is 31.2 Å². The molecule has 0 radical (unpaired) electrons. The minimum absolute atomic E-state index is 0.915. The highest BCUT2D eigenvalue weighted by Gasteiger charge is 2.26. The van der Waals surface area contributed by atoms with Crippen molar-refractivity contribution in [3.05, 3.63) is 5.57 Å². The van der Waals surface area contributed by atoms with Crippen LogP contribution in [-0.2, 0) is 14.3 Å². The van der Waals surface area contributed by atoms with Gasteiger partial charge in [-0.25, -0.2) is 13.6 Å². The van der Waals surface area contributed by atoms with Crippen LogP contribution in [0.1, 0.15) is 0 Å². The van der Waals surface area contributed by atoms with Gasteiger partial charge in [-0.1, -0.05) is 0 Å². The van der Waals surface area contributed by atoms with E-state index in [1.807, 2.05) is 0 Å². The molecule has 0 unspecified atom stereocenters. The standard InChI is InChI=1S/C6H5F2NO3/c1-12-6(11)3(2-9)4(10)5(7)8/h5,9H,1H3.